The van der Waals surface area contributed by atoms with Gasteiger partial charge in [-0.15, -0.1) is 0 Å². The van der Waals surface area contributed by atoms with Crippen LogP contribution in [0.25, 0.3) is 87.1 Å². The molecule has 0 radical (unpaired) electrons. The number of thiophene rings is 1. The molecule has 2 aliphatic rings. The Kier molecular flexibility index (Phi) is 7.20. The summed E-state index contributed by atoms with van der Waals surface area (Å²) in [6.07, 6.45) is 6.34. The fraction of sp³-hybridized carbons (Fsp3) is 0.0727. The van der Waals surface area contributed by atoms with E-state index in [2.05, 4.69) is 206 Å². The summed E-state index contributed by atoms with van der Waals surface area (Å²) in [5.74, 6) is 0.867. The monoisotopic (exact) mass is 814 g/mol. The molecule has 5 aromatic heterocycles. The average Bonchev–Trinajstić information content (AvgIpc) is 4.12. The van der Waals surface area contributed by atoms with Gasteiger partial charge in [-0.25, -0.2) is 4.99 Å². The van der Waals surface area contributed by atoms with Gasteiger partial charge in [-0.2, -0.15) is 0 Å². The van der Waals surface area contributed by atoms with Crippen LogP contribution in [0.4, 0.5) is 0 Å². The molecule has 2 N–H and O–H groups in total. The lowest BCUT2D eigenvalue weighted by Crippen LogP contribution is -2.44. The Labute approximate surface area is 360 Å². The molecule has 7 aromatic carbocycles. The molecule has 14 rings (SSSR count). The van der Waals surface area contributed by atoms with E-state index in [9.17, 15) is 0 Å². The summed E-state index contributed by atoms with van der Waals surface area (Å²) in [6, 6.07) is 62.0. The molecule has 294 valence electrons. The first-order valence-electron chi connectivity index (χ1n) is 21.5. The molecule has 0 saturated heterocycles. The van der Waals surface area contributed by atoms with Crippen molar-refractivity contribution in [3.8, 4) is 16.8 Å². The number of nitrogens with zero attached hydrogens (tertiary/aromatic N) is 4. The maximum atomic E-state index is 5.41. The minimum absolute atomic E-state index is 0.141. The molecule has 6 nitrogen and oxygen atoms in total. The second-order valence-electron chi connectivity index (χ2n) is 16.7. The van der Waals surface area contributed by atoms with Gasteiger partial charge >= 0.3 is 0 Å². The largest absolute Gasteiger partial charge is 0.350 e. The molecule has 2 atom stereocenters. The maximum absolute atomic E-state index is 5.41. The van der Waals surface area contributed by atoms with E-state index in [1.54, 1.807) is 0 Å². The summed E-state index contributed by atoms with van der Waals surface area (Å²) in [6.45, 7) is 0. The van der Waals surface area contributed by atoms with Crippen LogP contribution in [0.3, 0.4) is 0 Å². The van der Waals surface area contributed by atoms with E-state index in [0.717, 1.165) is 41.1 Å². The van der Waals surface area contributed by atoms with Gasteiger partial charge < -0.3 is 14.3 Å². The number of rotatable bonds is 5. The fourth-order valence-corrected chi connectivity index (χ4v) is 11.7. The number of para-hydroxylation sites is 1. The van der Waals surface area contributed by atoms with Crippen LogP contribution in [0.1, 0.15) is 46.7 Å². The van der Waals surface area contributed by atoms with Crippen LogP contribution in [0.5, 0.6) is 0 Å². The van der Waals surface area contributed by atoms with E-state index < -0.39 is 0 Å². The van der Waals surface area contributed by atoms with Gasteiger partial charge in [-0.3, -0.25) is 9.72 Å². The molecule has 7 heteroatoms. The molecular weight excluding hydrogens is 777 g/mol. The minimum Gasteiger partial charge on any atom is -0.350 e. The Morgan fingerprint density at radius 1 is 0.548 bits per heavy atom. The first-order chi connectivity index (χ1) is 30.7. The van der Waals surface area contributed by atoms with Gasteiger partial charge in [0.15, 0.2) is 0 Å². The van der Waals surface area contributed by atoms with Crippen molar-refractivity contribution in [2.24, 2.45) is 4.99 Å². The molecule has 12 aromatic rings. The lowest BCUT2D eigenvalue weighted by atomic mass is 10.0. The standard InChI is InChI=1S/C55H38N6S/c1-3-12-33(13-4-1)34-22-24-36(25-23-34)54-56-53(35-14-5-2-6-15-35)57-55(58-54)37-16-11-17-38(32-37)59-45-28-26-41-39-18-7-9-20-43(39)60-47-30-31-48(62-47)61-44-21-10-8-19-40(44)42-27-29-46(59)50(52(42)61)49(45)51(41)60/h1-9,11-20,22-32,53,55,57H,10,21H2,(H,56,58). The number of benzene rings is 7. The maximum Gasteiger partial charge on any atom is 0.131 e. The molecule has 0 fully saturated rings. The molecule has 2 unspecified atom stereocenters. The van der Waals surface area contributed by atoms with Crippen molar-refractivity contribution < 1.29 is 0 Å². The SMILES string of the molecule is C1=Cc2c(n3c4ccc(s4)n4c5ccccc5c5ccc6c(c7c(ccc2c73)n6-c2cccc(C3N=C(c6ccc(-c7ccccc7)cc6)NC(c6ccccc6)N3)c2)c54)CC1. The summed E-state index contributed by atoms with van der Waals surface area (Å²) in [5.41, 5.74) is 15.8. The predicted molar refractivity (Wildman–Crippen MR) is 258 cm³/mol. The van der Waals surface area contributed by atoms with Crippen LogP contribution >= 0.6 is 11.3 Å². The zero-order valence-electron chi connectivity index (χ0n) is 33.6. The average molecular weight is 815 g/mol. The lowest BCUT2D eigenvalue weighted by Gasteiger charge is -2.32. The zero-order chi connectivity index (χ0) is 40.5. The topological polar surface area (TPSA) is 50.2 Å². The number of hydrogen-bond donors (Lipinski definition) is 2. The number of aromatic nitrogens is 3. The van der Waals surface area contributed by atoms with Gasteiger partial charge in [-0.05, 0) is 77.6 Å². The number of amidine groups is 1. The van der Waals surface area contributed by atoms with Crippen molar-refractivity contribution >= 4 is 87.4 Å². The molecule has 6 heterocycles. The highest BCUT2D eigenvalue weighted by Crippen LogP contribution is 2.47. The second kappa shape index (κ2) is 13.0. The lowest BCUT2D eigenvalue weighted by molar-refractivity contribution is 0.409. The smallest absolute Gasteiger partial charge is 0.131 e. The van der Waals surface area contributed by atoms with Crippen LogP contribution in [0.15, 0.2) is 181 Å². The third kappa shape index (κ3) is 4.86. The molecule has 0 amide bonds. The van der Waals surface area contributed by atoms with E-state index in [-0.39, 0.29) is 12.3 Å². The summed E-state index contributed by atoms with van der Waals surface area (Å²) < 4.78 is 7.64. The molecule has 62 heavy (non-hydrogen) atoms. The Balaban J connectivity index is 1.01. The summed E-state index contributed by atoms with van der Waals surface area (Å²) in [4.78, 5) is 7.92. The Morgan fingerprint density at radius 2 is 1.23 bits per heavy atom. The third-order valence-electron chi connectivity index (χ3n) is 13.4. The van der Waals surface area contributed by atoms with Gasteiger partial charge in [0.25, 0.3) is 0 Å². The van der Waals surface area contributed by atoms with Crippen LogP contribution < -0.4 is 10.6 Å². The van der Waals surface area contributed by atoms with Gasteiger partial charge in [-0.1, -0.05) is 151 Å². The van der Waals surface area contributed by atoms with E-state index in [1.165, 1.54) is 86.6 Å². The van der Waals surface area contributed by atoms with E-state index >= 15 is 0 Å². The Hall–Kier alpha value is -7.45. The number of aryl methyl sites for hydroxylation is 1. The Bertz CT molecular complexity index is 3810. The molecule has 0 spiro atoms. The first-order valence-corrected chi connectivity index (χ1v) is 22.3. The number of nitrogens with one attached hydrogen (secondary N) is 2. The number of fused-ring (bicyclic) bond motifs is 10. The Morgan fingerprint density at radius 3 is 2.05 bits per heavy atom. The van der Waals surface area contributed by atoms with Crippen molar-refractivity contribution in [3.63, 3.8) is 0 Å². The minimum atomic E-state index is -0.299. The normalized spacial score (nSPS) is 16.7. The number of hydrogen-bond acceptors (Lipinski definition) is 4. The van der Waals surface area contributed by atoms with Crippen LogP contribution in [-0.4, -0.2) is 19.2 Å². The van der Waals surface area contributed by atoms with Crippen molar-refractivity contribution in [2.75, 3.05) is 0 Å². The highest BCUT2D eigenvalue weighted by molar-refractivity contribution is 7.22. The van der Waals surface area contributed by atoms with Gasteiger partial charge in [0.1, 0.15) is 27.8 Å². The third-order valence-corrected chi connectivity index (χ3v) is 14.4. The summed E-state index contributed by atoms with van der Waals surface area (Å²) in [7, 11) is 0. The van der Waals surface area contributed by atoms with E-state index in [1.807, 2.05) is 11.3 Å². The number of allylic oxidation sites excluding steroid dienone is 1. The number of aliphatic imine (C=N–C) groups is 1. The molecule has 2 bridgehead atoms. The fourth-order valence-electron chi connectivity index (χ4n) is 10.6. The highest BCUT2D eigenvalue weighted by atomic mass is 32.1. The predicted octanol–water partition coefficient (Wildman–Crippen LogP) is 13.2. The van der Waals surface area contributed by atoms with Crippen LogP contribution in [-0.2, 0) is 6.42 Å². The van der Waals surface area contributed by atoms with Crippen molar-refractivity contribution in [3.05, 3.63) is 204 Å². The van der Waals surface area contributed by atoms with E-state index in [0.29, 0.717) is 0 Å². The van der Waals surface area contributed by atoms with E-state index in [4.69, 9.17) is 4.99 Å². The van der Waals surface area contributed by atoms with Crippen molar-refractivity contribution in [1.82, 2.24) is 24.0 Å². The quantitative estimate of drug-likeness (QED) is 0.182. The van der Waals surface area contributed by atoms with Crippen molar-refractivity contribution in [1.29, 1.82) is 0 Å². The van der Waals surface area contributed by atoms with Gasteiger partial charge in [0.2, 0.25) is 0 Å². The molecule has 1 aliphatic heterocycles. The molecule has 1 aliphatic carbocycles. The highest BCUT2D eigenvalue weighted by Gasteiger charge is 2.29. The van der Waals surface area contributed by atoms with Crippen molar-refractivity contribution in [2.45, 2.75) is 25.2 Å². The summed E-state index contributed by atoms with van der Waals surface area (Å²) in [5, 5.41) is 14.1. The zero-order valence-corrected chi connectivity index (χ0v) is 34.4. The van der Waals surface area contributed by atoms with Gasteiger partial charge in [0, 0.05) is 49.4 Å². The first kappa shape index (κ1) is 34.3. The molecule has 0 saturated carbocycles. The molecular formula is C55H38N6S. The van der Waals surface area contributed by atoms with Gasteiger partial charge in [0.05, 0.1) is 27.6 Å². The second-order valence-corrected chi connectivity index (χ2v) is 17.8. The summed E-state index contributed by atoms with van der Waals surface area (Å²) >= 11 is 1.89. The van der Waals surface area contributed by atoms with Crippen LogP contribution in [0.2, 0.25) is 0 Å². The van der Waals surface area contributed by atoms with Crippen LogP contribution in [0, 0.1) is 0 Å².